The van der Waals surface area contributed by atoms with Crippen molar-refractivity contribution in [2.45, 2.75) is 13.1 Å². The molecule has 0 aromatic heterocycles. The van der Waals surface area contributed by atoms with Crippen LogP contribution in [0.25, 0.3) is 0 Å². The summed E-state index contributed by atoms with van der Waals surface area (Å²) in [5.74, 6) is 0. The molecular formula is C13H21N3O3S. The molecule has 1 aromatic carbocycles. The maximum atomic E-state index is 12.4. The van der Waals surface area contributed by atoms with E-state index in [4.69, 9.17) is 10.5 Å². The minimum atomic E-state index is -3.42. The summed E-state index contributed by atoms with van der Waals surface area (Å²) in [6, 6.07) is 7.67. The van der Waals surface area contributed by atoms with Crippen molar-refractivity contribution in [1.82, 2.24) is 8.61 Å². The molecule has 1 aromatic rings. The Labute approximate surface area is 120 Å². The fourth-order valence-corrected chi connectivity index (χ4v) is 3.49. The van der Waals surface area contributed by atoms with E-state index in [1.165, 1.54) is 8.61 Å². The number of morpholine rings is 1. The smallest absolute Gasteiger partial charge is 0.282 e. The van der Waals surface area contributed by atoms with Crippen LogP contribution in [0.5, 0.6) is 0 Å². The summed E-state index contributed by atoms with van der Waals surface area (Å²) in [5.41, 5.74) is 7.54. The Morgan fingerprint density at radius 2 is 1.95 bits per heavy atom. The molecule has 2 rings (SSSR count). The lowest BCUT2D eigenvalue weighted by Crippen LogP contribution is -2.47. The van der Waals surface area contributed by atoms with Gasteiger partial charge < -0.3 is 10.5 Å². The molecule has 6 nitrogen and oxygen atoms in total. The number of rotatable bonds is 5. The molecule has 1 fully saturated rings. The Balaban J connectivity index is 2.07. The molecule has 0 atom stereocenters. The molecule has 0 amide bonds. The number of ether oxygens (including phenoxy) is 1. The molecule has 0 radical (unpaired) electrons. The van der Waals surface area contributed by atoms with Crippen molar-refractivity contribution in [2.24, 2.45) is 5.73 Å². The normalized spacial score (nSPS) is 17.6. The van der Waals surface area contributed by atoms with Crippen LogP contribution in [0.3, 0.4) is 0 Å². The van der Waals surface area contributed by atoms with Crippen LogP contribution in [0.1, 0.15) is 11.1 Å². The van der Waals surface area contributed by atoms with Crippen LogP contribution >= 0.6 is 0 Å². The Morgan fingerprint density at radius 1 is 1.30 bits per heavy atom. The van der Waals surface area contributed by atoms with Crippen molar-refractivity contribution < 1.29 is 13.2 Å². The zero-order chi connectivity index (χ0) is 14.6. The molecule has 1 saturated heterocycles. The first-order chi connectivity index (χ1) is 9.54. The Kier molecular flexibility index (Phi) is 5.11. The molecule has 112 valence electrons. The molecule has 20 heavy (non-hydrogen) atoms. The van der Waals surface area contributed by atoms with Crippen LogP contribution in [0.2, 0.25) is 0 Å². The third-order valence-corrected chi connectivity index (χ3v) is 5.26. The number of nitrogens with zero attached hydrogens (tertiary/aromatic N) is 2. The predicted octanol–water partition coefficient (Wildman–Crippen LogP) is 0.154. The summed E-state index contributed by atoms with van der Waals surface area (Å²) in [7, 11) is -1.83. The maximum Gasteiger partial charge on any atom is 0.282 e. The van der Waals surface area contributed by atoms with Crippen LogP contribution < -0.4 is 5.73 Å². The summed E-state index contributed by atoms with van der Waals surface area (Å²) in [4.78, 5) is 0. The highest BCUT2D eigenvalue weighted by molar-refractivity contribution is 7.86. The van der Waals surface area contributed by atoms with Gasteiger partial charge in [0.25, 0.3) is 10.2 Å². The SMILES string of the molecule is CN(Cc1cccc(CN)c1)S(=O)(=O)N1CCOCC1. The summed E-state index contributed by atoms with van der Waals surface area (Å²) in [6.45, 7) is 2.53. The molecule has 1 heterocycles. The lowest BCUT2D eigenvalue weighted by Gasteiger charge is -2.30. The van der Waals surface area contributed by atoms with E-state index in [2.05, 4.69) is 0 Å². The number of benzene rings is 1. The zero-order valence-corrected chi connectivity index (χ0v) is 12.5. The highest BCUT2D eigenvalue weighted by Gasteiger charge is 2.28. The summed E-state index contributed by atoms with van der Waals surface area (Å²) < 4.78 is 32.8. The van der Waals surface area contributed by atoms with E-state index < -0.39 is 10.2 Å². The van der Waals surface area contributed by atoms with E-state index in [0.717, 1.165) is 11.1 Å². The highest BCUT2D eigenvalue weighted by Crippen LogP contribution is 2.14. The molecule has 1 aliphatic rings. The van der Waals surface area contributed by atoms with E-state index in [-0.39, 0.29) is 0 Å². The third-order valence-electron chi connectivity index (χ3n) is 3.32. The number of hydrogen-bond acceptors (Lipinski definition) is 4. The standard InChI is InChI=1S/C13H21N3O3S/c1-15(11-13-4-2-3-12(9-13)10-14)20(17,18)16-5-7-19-8-6-16/h2-4,9H,5-8,10-11,14H2,1H3. The molecule has 0 bridgehead atoms. The second-order valence-corrected chi connectivity index (χ2v) is 6.83. The molecule has 0 unspecified atom stereocenters. The van der Waals surface area contributed by atoms with Gasteiger partial charge in [0.1, 0.15) is 0 Å². The monoisotopic (exact) mass is 299 g/mol. The Hall–Kier alpha value is -0.990. The van der Waals surface area contributed by atoms with Gasteiger partial charge in [-0.2, -0.15) is 17.0 Å². The fraction of sp³-hybridized carbons (Fsp3) is 0.538. The molecule has 0 spiro atoms. The lowest BCUT2D eigenvalue weighted by molar-refractivity contribution is 0.0705. The maximum absolute atomic E-state index is 12.4. The predicted molar refractivity (Wildman–Crippen MR) is 77.1 cm³/mol. The minimum absolute atomic E-state index is 0.341. The van der Waals surface area contributed by atoms with Crippen molar-refractivity contribution in [3.05, 3.63) is 35.4 Å². The second kappa shape index (κ2) is 6.64. The first kappa shape index (κ1) is 15.4. The Morgan fingerprint density at radius 3 is 2.60 bits per heavy atom. The van der Waals surface area contributed by atoms with E-state index >= 15 is 0 Å². The zero-order valence-electron chi connectivity index (χ0n) is 11.7. The fourth-order valence-electron chi connectivity index (χ4n) is 2.17. The van der Waals surface area contributed by atoms with Crippen LogP contribution in [-0.4, -0.2) is 50.4 Å². The van der Waals surface area contributed by atoms with Gasteiger partial charge in [-0.05, 0) is 11.1 Å². The largest absolute Gasteiger partial charge is 0.379 e. The third kappa shape index (κ3) is 3.56. The van der Waals surface area contributed by atoms with Gasteiger partial charge in [-0.1, -0.05) is 24.3 Å². The molecular weight excluding hydrogens is 278 g/mol. The van der Waals surface area contributed by atoms with E-state index in [1.807, 2.05) is 24.3 Å². The van der Waals surface area contributed by atoms with E-state index in [1.54, 1.807) is 7.05 Å². The van der Waals surface area contributed by atoms with Crippen LogP contribution in [-0.2, 0) is 28.0 Å². The van der Waals surface area contributed by atoms with E-state index in [9.17, 15) is 8.42 Å². The van der Waals surface area contributed by atoms with Gasteiger partial charge in [0, 0.05) is 33.2 Å². The van der Waals surface area contributed by atoms with Crippen molar-refractivity contribution >= 4 is 10.2 Å². The number of hydrogen-bond donors (Lipinski definition) is 1. The molecule has 7 heteroatoms. The van der Waals surface area contributed by atoms with Gasteiger partial charge in [0.15, 0.2) is 0 Å². The molecule has 0 saturated carbocycles. The molecule has 2 N–H and O–H groups in total. The minimum Gasteiger partial charge on any atom is -0.379 e. The van der Waals surface area contributed by atoms with Crippen molar-refractivity contribution in [3.63, 3.8) is 0 Å². The van der Waals surface area contributed by atoms with Gasteiger partial charge in [-0.15, -0.1) is 0 Å². The van der Waals surface area contributed by atoms with Gasteiger partial charge in [0.2, 0.25) is 0 Å². The summed E-state index contributed by atoms with van der Waals surface area (Å²) in [5, 5.41) is 0. The van der Waals surface area contributed by atoms with Crippen LogP contribution in [0, 0.1) is 0 Å². The van der Waals surface area contributed by atoms with Crippen molar-refractivity contribution in [2.75, 3.05) is 33.4 Å². The van der Waals surface area contributed by atoms with E-state index in [0.29, 0.717) is 39.4 Å². The van der Waals surface area contributed by atoms with Gasteiger partial charge >= 0.3 is 0 Å². The topological polar surface area (TPSA) is 75.9 Å². The first-order valence-electron chi connectivity index (χ1n) is 6.61. The quantitative estimate of drug-likeness (QED) is 0.840. The average molecular weight is 299 g/mol. The molecule has 1 aliphatic heterocycles. The molecule has 0 aliphatic carbocycles. The van der Waals surface area contributed by atoms with Crippen molar-refractivity contribution in [3.8, 4) is 0 Å². The second-order valence-electron chi connectivity index (χ2n) is 4.80. The van der Waals surface area contributed by atoms with Crippen LogP contribution in [0.15, 0.2) is 24.3 Å². The lowest BCUT2D eigenvalue weighted by atomic mass is 10.1. The van der Waals surface area contributed by atoms with Gasteiger partial charge in [-0.3, -0.25) is 0 Å². The highest BCUT2D eigenvalue weighted by atomic mass is 32.2. The summed E-state index contributed by atoms with van der Waals surface area (Å²) in [6.07, 6.45) is 0. The number of nitrogens with two attached hydrogens (primary N) is 1. The average Bonchev–Trinajstić information content (AvgIpc) is 2.48. The van der Waals surface area contributed by atoms with Crippen LogP contribution in [0.4, 0.5) is 0 Å². The first-order valence-corrected chi connectivity index (χ1v) is 8.01. The summed E-state index contributed by atoms with van der Waals surface area (Å²) >= 11 is 0. The van der Waals surface area contributed by atoms with Gasteiger partial charge in [0.05, 0.1) is 13.2 Å². The van der Waals surface area contributed by atoms with Gasteiger partial charge in [-0.25, -0.2) is 0 Å². The van der Waals surface area contributed by atoms with Crippen molar-refractivity contribution in [1.29, 1.82) is 0 Å². The Bertz CT molecular complexity index is 542.